The van der Waals surface area contributed by atoms with Crippen molar-refractivity contribution in [2.45, 2.75) is 25.6 Å². The van der Waals surface area contributed by atoms with Crippen molar-refractivity contribution < 1.29 is 13.2 Å². The molecule has 0 aliphatic carbocycles. The highest BCUT2D eigenvalue weighted by Gasteiger charge is 2.26. The van der Waals surface area contributed by atoms with Gasteiger partial charge in [-0.1, -0.05) is 6.08 Å². The van der Waals surface area contributed by atoms with Crippen molar-refractivity contribution in [3.05, 3.63) is 12.7 Å². The van der Waals surface area contributed by atoms with E-state index in [2.05, 4.69) is 11.9 Å². The van der Waals surface area contributed by atoms with Crippen LogP contribution in [0, 0.1) is 0 Å². The van der Waals surface area contributed by atoms with Crippen LogP contribution < -0.4 is 5.32 Å². The Labute approximate surface area is 64.3 Å². The highest BCUT2D eigenvalue weighted by Crippen LogP contribution is 2.12. The fourth-order valence-corrected chi connectivity index (χ4v) is 0.623. The third-order valence-corrected chi connectivity index (χ3v) is 1.17. The first-order valence-corrected chi connectivity index (χ1v) is 3.36. The molecule has 0 aromatic carbocycles. The SMILES string of the molecule is C=CCC(C)NCC(F)(F)F. The summed E-state index contributed by atoms with van der Waals surface area (Å²) in [6.07, 6.45) is -1.97. The van der Waals surface area contributed by atoms with Crippen LogP contribution in [0.2, 0.25) is 0 Å². The Bertz CT molecular complexity index is 119. The molecule has 1 N–H and O–H groups in total. The van der Waals surface area contributed by atoms with Gasteiger partial charge in [0.05, 0.1) is 6.54 Å². The molecule has 0 heterocycles. The van der Waals surface area contributed by atoms with Crippen LogP contribution in [-0.4, -0.2) is 18.8 Å². The van der Waals surface area contributed by atoms with Crippen LogP contribution in [0.5, 0.6) is 0 Å². The Morgan fingerprint density at radius 3 is 2.45 bits per heavy atom. The van der Waals surface area contributed by atoms with E-state index < -0.39 is 12.7 Å². The lowest BCUT2D eigenvalue weighted by Gasteiger charge is -2.12. The van der Waals surface area contributed by atoms with Crippen molar-refractivity contribution in [3.8, 4) is 0 Å². The zero-order valence-electron chi connectivity index (χ0n) is 6.41. The first-order chi connectivity index (χ1) is 4.95. The van der Waals surface area contributed by atoms with Crippen LogP contribution in [0.4, 0.5) is 13.2 Å². The number of alkyl halides is 3. The van der Waals surface area contributed by atoms with Gasteiger partial charge in [0, 0.05) is 6.04 Å². The molecule has 0 saturated carbocycles. The highest BCUT2D eigenvalue weighted by atomic mass is 19.4. The Morgan fingerprint density at radius 1 is 1.55 bits per heavy atom. The maximum Gasteiger partial charge on any atom is 0.401 e. The van der Waals surface area contributed by atoms with Crippen molar-refractivity contribution >= 4 is 0 Å². The minimum Gasteiger partial charge on any atom is -0.306 e. The molecule has 0 radical (unpaired) electrons. The molecule has 11 heavy (non-hydrogen) atoms. The predicted octanol–water partition coefficient (Wildman–Crippen LogP) is 2.10. The molecule has 0 saturated heterocycles. The molecule has 1 unspecified atom stereocenters. The second kappa shape index (κ2) is 4.38. The van der Waals surface area contributed by atoms with E-state index in [4.69, 9.17) is 0 Å². The van der Waals surface area contributed by atoms with Crippen LogP contribution in [0.3, 0.4) is 0 Å². The number of rotatable bonds is 4. The van der Waals surface area contributed by atoms with Gasteiger partial charge in [0.15, 0.2) is 0 Å². The van der Waals surface area contributed by atoms with E-state index in [0.29, 0.717) is 6.42 Å². The summed E-state index contributed by atoms with van der Waals surface area (Å²) >= 11 is 0. The van der Waals surface area contributed by atoms with E-state index in [1.54, 1.807) is 13.0 Å². The zero-order chi connectivity index (χ0) is 8.91. The van der Waals surface area contributed by atoms with E-state index in [-0.39, 0.29) is 6.04 Å². The smallest absolute Gasteiger partial charge is 0.306 e. The summed E-state index contributed by atoms with van der Waals surface area (Å²) in [5.74, 6) is 0. The van der Waals surface area contributed by atoms with Crippen LogP contribution in [-0.2, 0) is 0 Å². The zero-order valence-corrected chi connectivity index (χ0v) is 6.41. The third-order valence-electron chi connectivity index (χ3n) is 1.17. The van der Waals surface area contributed by atoms with Crippen molar-refractivity contribution in [2.24, 2.45) is 0 Å². The normalized spacial score (nSPS) is 14.5. The summed E-state index contributed by atoms with van der Waals surface area (Å²) in [5.41, 5.74) is 0. The van der Waals surface area contributed by atoms with E-state index in [1.807, 2.05) is 0 Å². The second-order valence-corrected chi connectivity index (χ2v) is 2.42. The van der Waals surface area contributed by atoms with Gasteiger partial charge >= 0.3 is 6.18 Å². The average molecular weight is 167 g/mol. The van der Waals surface area contributed by atoms with Crippen LogP contribution >= 0.6 is 0 Å². The second-order valence-electron chi connectivity index (χ2n) is 2.42. The summed E-state index contributed by atoms with van der Waals surface area (Å²) in [5, 5.41) is 2.33. The monoisotopic (exact) mass is 167 g/mol. The minimum absolute atomic E-state index is 0.158. The molecular weight excluding hydrogens is 155 g/mol. The summed E-state index contributed by atoms with van der Waals surface area (Å²) in [6.45, 7) is 4.18. The number of hydrogen-bond acceptors (Lipinski definition) is 1. The molecule has 0 bridgehead atoms. The van der Waals surface area contributed by atoms with Gasteiger partial charge in [0.25, 0.3) is 0 Å². The van der Waals surface area contributed by atoms with Crippen LogP contribution in [0.1, 0.15) is 13.3 Å². The molecule has 4 heteroatoms. The van der Waals surface area contributed by atoms with Gasteiger partial charge < -0.3 is 5.32 Å². The van der Waals surface area contributed by atoms with Gasteiger partial charge in [0.1, 0.15) is 0 Å². The van der Waals surface area contributed by atoms with E-state index in [0.717, 1.165) is 0 Å². The molecule has 0 aromatic rings. The molecule has 0 aliphatic heterocycles. The van der Waals surface area contributed by atoms with Crippen LogP contribution in [0.15, 0.2) is 12.7 Å². The Morgan fingerprint density at radius 2 is 2.09 bits per heavy atom. The largest absolute Gasteiger partial charge is 0.401 e. The van der Waals surface area contributed by atoms with Gasteiger partial charge in [-0.3, -0.25) is 0 Å². The molecular formula is C7H12F3N. The predicted molar refractivity (Wildman–Crippen MR) is 38.3 cm³/mol. The Kier molecular flexibility index (Phi) is 4.18. The van der Waals surface area contributed by atoms with Crippen molar-refractivity contribution in [1.29, 1.82) is 0 Å². The quantitative estimate of drug-likeness (QED) is 0.632. The van der Waals surface area contributed by atoms with Crippen molar-refractivity contribution in [1.82, 2.24) is 5.32 Å². The molecule has 0 amide bonds. The molecule has 1 nitrogen and oxygen atoms in total. The van der Waals surface area contributed by atoms with E-state index in [1.165, 1.54) is 0 Å². The summed E-state index contributed by atoms with van der Waals surface area (Å²) in [7, 11) is 0. The number of halogens is 3. The molecule has 0 aliphatic rings. The summed E-state index contributed by atoms with van der Waals surface area (Å²) in [6, 6.07) is -0.158. The Hall–Kier alpha value is -0.510. The molecule has 0 fully saturated rings. The standard InChI is InChI=1S/C7H12F3N/c1-3-4-6(2)11-5-7(8,9)10/h3,6,11H,1,4-5H2,2H3. The first kappa shape index (κ1) is 10.5. The minimum atomic E-state index is -4.12. The van der Waals surface area contributed by atoms with E-state index >= 15 is 0 Å². The Balaban J connectivity index is 3.45. The fourth-order valence-electron chi connectivity index (χ4n) is 0.623. The van der Waals surface area contributed by atoms with Crippen molar-refractivity contribution in [2.75, 3.05) is 6.54 Å². The summed E-state index contributed by atoms with van der Waals surface area (Å²) in [4.78, 5) is 0. The number of hydrogen-bond donors (Lipinski definition) is 1. The molecule has 0 rings (SSSR count). The molecule has 1 atom stereocenters. The maximum atomic E-state index is 11.6. The number of nitrogens with one attached hydrogen (secondary N) is 1. The fraction of sp³-hybridized carbons (Fsp3) is 0.714. The van der Waals surface area contributed by atoms with Crippen LogP contribution in [0.25, 0.3) is 0 Å². The van der Waals surface area contributed by atoms with Gasteiger partial charge in [-0.05, 0) is 13.3 Å². The van der Waals surface area contributed by atoms with Crippen molar-refractivity contribution in [3.63, 3.8) is 0 Å². The summed E-state index contributed by atoms with van der Waals surface area (Å²) < 4.78 is 34.7. The lowest BCUT2D eigenvalue weighted by Crippen LogP contribution is -2.34. The molecule has 66 valence electrons. The van der Waals surface area contributed by atoms with Gasteiger partial charge in [-0.2, -0.15) is 13.2 Å². The topological polar surface area (TPSA) is 12.0 Å². The lowest BCUT2D eigenvalue weighted by molar-refractivity contribution is -0.125. The van der Waals surface area contributed by atoms with Gasteiger partial charge in [-0.15, -0.1) is 6.58 Å². The third kappa shape index (κ3) is 7.39. The van der Waals surface area contributed by atoms with Gasteiger partial charge in [-0.25, -0.2) is 0 Å². The maximum absolute atomic E-state index is 11.6. The lowest BCUT2D eigenvalue weighted by atomic mass is 10.2. The highest BCUT2D eigenvalue weighted by molar-refractivity contribution is 4.75. The first-order valence-electron chi connectivity index (χ1n) is 3.36. The van der Waals surface area contributed by atoms with Gasteiger partial charge in [0.2, 0.25) is 0 Å². The molecule has 0 spiro atoms. The average Bonchev–Trinajstić information content (AvgIpc) is 1.83. The van der Waals surface area contributed by atoms with E-state index in [9.17, 15) is 13.2 Å². The molecule has 0 aromatic heterocycles.